The molecular weight excluding hydrogens is 260 g/mol. The summed E-state index contributed by atoms with van der Waals surface area (Å²) in [6.45, 7) is 4.98. The first kappa shape index (κ1) is 14.5. The van der Waals surface area contributed by atoms with Crippen LogP contribution in [0, 0.1) is 34.5 Å². The zero-order valence-corrected chi connectivity index (χ0v) is 13.7. The van der Waals surface area contributed by atoms with Gasteiger partial charge in [-0.25, -0.2) is 0 Å². The fourth-order valence-electron chi connectivity index (χ4n) is 7.26. The van der Waals surface area contributed by atoms with Gasteiger partial charge in [-0.1, -0.05) is 13.8 Å². The lowest BCUT2D eigenvalue weighted by Crippen LogP contribution is -2.53. The Hall–Kier alpha value is -0.0800. The van der Waals surface area contributed by atoms with E-state index in [9.17, 15) is 10.2 Å². The number of fused-ring (bicyclic) bond motifs is 5. The molecule has 0 heterocycles. The van der Waals surface area contributed by atoms with E-state index in [0.717, 1.165) is 49.4 Å². The fraction of sp³-hybridized carbons (Fsp3) is 1.00. The molecule has 0 amide bonds. The van der Waals surface area contributed by atoms with Crippen molar-refractivity contribution in [1.82, 2.24) is 0 Å². The SMILES string of the molecule is CC12CCC3C(CCC4CC(O)CCC43C)C1C[C@@H](O)C2. The molecule has 4 rings (SSSR count). The Morgan fingerprint density at radius 1 is 0.810 bits per heavy atom. The van der Waals surface area contributed by atoms with Crippen LogP contribution < -0.4 is 0 Å². The lowest BCUT2D eigenvalue weighted by molar-refractivity contribution is -0.120. The standard InChI is InChI=1S/C19H32O2/c1-18-7-6-16-15(17(18)10-14(21)11-18)4-3-12-9-13(20)5-8-19(12,16)2/h12-17,20-21H,3-11H2,1-2H3/t12?,13?,14-,15?,16?,17?,18?,19?/m1/s1. The molecule has 0 spiro atoms. The second-order valence-electron chi connectivity index (χ2n) is 9.37. The summed E-state index contributed by atoms with van der Waals surface area (Å²) in [5, 5.41) is 20.3. The van der Waals surface area contributed by atoms with Gasteiger partial charge in [0.1, 0.15) is 0 Å². The van der Waals surface area contributed by atoms with Crippen LogP contribution >= 0.6 is 0 Å². The minimum atomic E-state index is -0.0440. The molecule has 4 fully saturated rings. The zero-order chi connectivity index (χ0) is 14.8. The molecule has 2 N–H and O–H groups in total. The van der Waals surface area contributed by atoms with Crippen molar-refractivity contribution in [2.45, 2.75) is 83.8 Å². The number of aliphatic hydroxyl groups excluding tert-OH is 2. The van der Waals surface area contributed by atoms with Crippen LogP contribution in [-0.2, 0) is 0 Å². The van der Waals surface area contributed by atoms with E-state index in [-0.39, 0.29) is 12.2 Å². The lowest BCUT2D eigenvalue weighted by atomic mass is 9.45. The third-order valence-corrected chi connectivity index (χ3v) is 8.38. The molecule has 4 aliphatic rings. The fourth-order valence-corrected chi connectivity index (χ4v) is 7.26. The van der Waals surface area contributed by atoms with Crippen LogP contribution in [0.15, 0.2) is 0 Å². The molecule has 21 heavy (non-hydrogen) atoms. The summed E-state index contributed by atoms with van der Waals surface area (Å²) in [7, 11) is 0. The molecule has 0 aromatic heterocycles. The predicted molar refractivity (Wildman–Crippen MR) is 83.7 cm³/mol. The molecule has 0 aromatic carbocycles. The molecular formula is C19H32O2. The van der Waals surface area contributed by atoms with Crippen LogP contribution in [0.1, 0.15) is 71.6 Å². The van der Waals surface area contributed by atoms with E-state index in [0.29, 0.717) is 10.8 Å². The summed E-state index contributed by atoms with van der Waals surface area (Å²) in [5.74, 6) is 3.21. The van der Waals surface area contributed by atoms with Gasteiger partial charge < -0.3 is 10.2 Å². The summed E-state index contributed by atoms with van der Waals surface area (Å²) < 4.78 is 0. The van der Waals surface area contributed by atoms with E-state index in [1.54, 1.807) is 0 Å². The van der Waals surface area contributed by atoms with Gasteiger partial charge in [-0.3, -0.25) is 0 Å². The van der Waals surface area contributed by atoms with Crippen LogP contribution in [0.4, 0.5) is 0 Å². The maximum Gasteiger partial charge on any atom is 0.0548 e. The highest BCUT2D eigenvalue weighted by Gasteiger charge is 2.58. The van der Waals surface area contributed by atoms with E-state index < -0.39 is 0 Å². The molecule has 0 saturated heterocycles. The van der Waals surface area contributed by atoms with Crippen LogP contribution in [0.2, 0.25) is 0 Å². The molecule has 4 saturated carbocycles. The van der Waals surface area contributed by atoms with Gasteiger partial charge >= 0.3 is 0 Å². The number of rotatable bonds is 0. The van der Waals surface area contributed by atoms with Crippen molar-refractivity contribution in [3.8, 4) is 0 Å². The highest BCUT2D eigenvalue weighted by atomic mass is 16.3. The van der Waals surface area contributed by atoms with Crippen LogP contribution in [0.25, 0.3) is 0 Å². The molecule has 2 nitrogen and oxygen atoms in total. The van der Waals surface area contributed by atoms with Gasteiger partial charge in [0.15, 0.2) is 0 Å². The quantitative estimate of drug-likeness (QED) is 0.714. The predicted octanol–water partition coefficient (Wildman–Crippen LogP) is 3.75. The summed E-state index contributed by atoms with van der Waals surface area (Å²) in [4.78, 5) is 0. The highest BCUT2D eigenvalue weighted by Crippen LogP contribution is 2.66. The Balaban J connectivity index is 1.62. The maximum atomic E-state index is 10.2. The molecule has 4 aliphatic carbocycles. The van der Waals surface area contributed by atoms with Crippen molar-refractivity contribution in [3.05, 3.63) is 0 Å². The van der Waals surface area contributed by atoms with E-state index in [1.807, 2.05) is 0 Å². The summed E-state index contributed by atoms with van der Waals surface area (Å²) in [6, 6.07) is 0. The molecule has 2 heteroatoms. The minimum Gasteiger partial charge on any atom is -0.393 e. The zero-order valence-electron chi connectivity index (χ0n) is 13.7. The molecule has 0 radical (unpaired) electrons. The van der Waals surface area contributed by atoms with Gasteiger partial charge in [-0.2, -0.15) is 0 Å². The first-order valence-corrected chi connectivity index (χ1v) is 9.28. The van der Waals surface area contributed by atoms with E-state index in [4.69, 9.17) is 0 Å². The molecule has 8 atom stereocenters. The Morgan fingerprint density at radius 3 is 2.43 bits per heavy atom. The normalized spacial score (nSPS) is 60.0. The van der Waals surface area contributed by atoms with E-state index in [2.05, 4.69) is 13.8 Å². The van der Waals surface area contributed by atoms with Gasteiger partial charge in [-0.15, -0.1) is 0 Å². The first-order chi connectivity index (χ1) is 9.92. The van der Waals surface area contributed by atoms with Gasteiger partial charge in [-0.05, 0) is 92.3 Å². The third-order valence-electron chi connectivity index (χ3n) is 8.38. The van der Waals surface area contributed by atoms with Crippen LogP contribution in [0.5, 0.6) is 0 Å². The lowest BCUT2D eigenvalue weighted by Gasteiger charge is -2.60. The van der Waals surface area contributed by atoms with Gasteiger partial charge in [0, 0.05) is 0 Å². The van der Waals surface area contributed by atoms with Gasteiger partial charge in [0.2, 0.25) is 0 Å². The number of hydrogen-bond donors (Lipinski definition) is 2. The second-order valence-corrected chi connectivity index (χ2v) is 9.37. The van der Waals surface area contributed by atoms with Gasteiger partial charge in [0.05, 0.1) is 12.2 Å². The van der Waals surface area contributed by atoms with Crippen molar-refractivity contribution < 1.29 is 10.2 Å². The molecule has 0 bridgehead atoms. The first-order valence-electron chi connectivity index (χ1n) is 9.28. The molecule has 7 unspecified atom stereocenters. The average molecular weight is 292 g/mol. The Labute approximate surface area is 129 Å². The Morgan fingerprint density at radius 2 is 1.62 bits per heavy atom. The van der Waals surface area contributed by atoms with Crippen molar-refractivity contribution in [1.29, 1.82) is 0 Å². The third kappa shape index (κ3) is 2.05. The summed E-state index contributed by atoms with van der Waals surface area (Å²) >= 11 is 0. The Kier molecular flexibility index (Phi) is 3.25. The Bertz CT molecular complexity index is 422. The largest absolute Gasteiger partial charge is 0.393 e. The smallest absolute Gasteiger partial charge is 0.0548 e. The van der Waals surface area contributed by atoms with Gasteiger partial charge in [0.25, 0.3) is 0 Å². The molecule has 0 aromatic rings. The van der Waals surface area contributed by atoms with Crippen molar-refractivity contribution >= 4 is 0 Å². The minimum absolute atomic E-state index is 0.0400. The van der Waals surface area contributed by atoms with Crippen LogP contribution in [0.3, 0.4) is 0 Å². The summed E-state index contributed by atoms with van der Waals surface area (Å²) in [6.07, 6.45) is 10.7. The molecule has 0 aliphatic heterocycles. The second kappa shape index (κ2) is 4.71. The van der Waals surface area contributed by atoms with Crippen molar-refractivity contribution in [3.63, 3.8) is 0 Å². The van der Waals surface area contributed by atoms with Crippen LogP contribution in [-0.4, -0.2) is 22.4 Å². The highest BCUT2D eigenvalue weighted by molar-refractivity contribution is 5.08. The van der Waals surface area contributed by atoms with E-state index >= 15 is 0 Å². The number of hydrogen-bond acceptors (Lipinski definition) is 2. The van der Waals surface area contributed by atoms with E-state index in [1.165, 1.54) is 32.1 Å². The maximum absolute atomic E-state index is 10.2. The summed E-state index contributed by atoms with van der Waals surface area (Å²) in [5.41, 5.74) is 0.884. The number of aliphatic hydroxyl groups is 2. The average Bonchev–Trinajstić information content (AvgIpc) is 2.74. The van der Waals surface area contributed by atoms with Crippen molar-refractivity contribution in [2.75, 3.05) is 0 Å². The van der Waals surface area contributed by atoms with Crippen molar-refractivity contribution in [2.24, 2.45) is 34.5 Å². The monoisotopic (exact) mass is 292 g/mol. The topological polar surface area (TPSA) is 40.5 Å². The molecule has 120 valence electrons.